The summed E-state index contributed by atoms with van der Waals surface area (Å²) in [4.78, 5) is 11.6. The van der Waals surface area contributed by atoms with Gasteiger partial charge in [-0.25, -0.2) is 0 Å². The first kappa shape index (κ1) is 16.3. The Hall–Kier alpha value is -1.75. The molecule has 0 aliphatic heterocycles. The molecule has 1 aromatic carbocycles. The van der Waals surface area contributed by atoms with Crippen LogP contribution in [0, 0.1) is 0 Å². The fourth-order valence-electron chi connectivity index (χ4n) is 1.71. The summed E-state index contributed by atoms with van der Waals surface area (Å²) in [6.45, 7) is 6.71. The monoisotopic (exact) mass is 281 g/mol. The lowest BCUT2D eigenvalue weighted by atomic mass is 10.2. The summed E-state index contributed by atoms with van der Waals surface area (Å²) in [5.41, 5.74) is 0. The van der Waals surface area contributed by atoms with E-state index in [1.165, 1.54) is 7.11 Å². The second-order valence-corrected chi connectivity index (χ2v) is 4.61. The van der Waals surface area contributed by atoms with E-state index in [4.69, 9.17) is 14.2 Å². The van der Waals surface area contributed by atoms with E-state index in [-0.39, 0.29) is 18.6 Å². The number of rotatable bonds is 8. The third kappa shape index (κ3) is 5.48. The van der Waals surface area contributed by atoms with Crippen molar-refractivity contribution in [2.24, 2.45) is 0 Å². The van der Waals surface area contributed by atoms with Crippen LogP contribution in [0.15, 0.2) is 24.3 Å². The van der Waals surface area contributed by atoms with Crippen LogP contribution in [0.3, 0.4) is 0 Å². The van der Waals surface area contributed by atoms with E-state index in [9.17, 15) is 4.79 Å². The van der Waals surface area contributed by atoms with Crippen molar-refractivity contribution in [3.8, 4) is 11.5 Å². The Morgan fingerprint density at radius 2 is 1.70 bits per heavy atom. The first-order valence-corrected chi connectivity index (χ1v) is 6.76. The van der Waals surface area contributed by atoms with Crippen LogP contribution in [0.25, 0.3) is 0 Å². The molecular weight excluding hydrogens is 258 g/mol. The quantitative estimate of drug-likeness (QED) is 0.739. The van der Waals surface area contributed by atoms with Crippen molar-refractivity contribution in [3.63, 3.8) is 0 Å². The molecule has 0 aliphatic carbocycles. The maximum Gasteiger partial charge on any atom is 0.326 e. The van der Waals surface area contributed by atoms with E-state index < -0.39 is 6.04 Å². The van der Waals surface area contributed by atoms with Gasteiger partial charge >= 0.3 is 5.97 Å². The largest absolute Gasteiger partial charge is 0.494 e. The van der Waals surface area contributed by atoms with Gasteiger partial charge in [0.05, 0.1) is 13.7 Å². The molecule has 5 heteroatoms. The zero-order valence-electron chi connectivity index (χ0n) is 12.5. The highest BCUT2D eigenvalue weighted by Gasteiger charge is 2.20. The van der Waals surface area contributed by atoms with Gasteiger partial charge in [0.15, 0.2) is 0 Å². The second-order valence-electron chi connectivity index (χ2n) is 4.61. The highest BCUT2D eigenvalue weighted by Crippen LogP contribution is 2.17. The molecule has 0 fully saturated rings. The summed E-state index contributed by atoms with van der Waals surface area (Å²) in [5, 5.41) is 3.11. The normalized spacial score (nSPS) is 12.1. The van der Waals surface area contributed by atoms with Crippen molar-refractivity contribution in [2.45, 2.75) is 32.9 Å². The first-order valence-electron chi connectivity index (χ1n) is 6.76. The van der Waals surface area contributed by atoms with E-state index in [1.54, 1.807) is 0 Å². The van der Waals surface area contributed by atoms with Gasteiger partial charge in [0.25, 0.3) is 0 Å². The Labute approximate surface area is 120 Å². The minimum absolute atomic E-state index is 0.169. The molecule has 5 nitrogen and oxygen atoms in total. The van der Waals surface area contributed by atoms with E-state index in [0.29, 0.717) is 12.4 Å². The van der Waals surface area contributed by atoms with Crippen molar-refractivity contribution >= 4 is 5.97 Å². The number of nitrogens with one attached hydrogen (secondary N) is 1. The van der Waals surface area contributed by atoms with Crippen molar-refractivity contribution in [2.75, 3.05) is 20.3 Å². The van der Waals surface area contributed by atoms with Gasteiger partial charge in [0.2, 0.25) is 0 Å². The van der Waals surface area contributed by atoms with E-state index in [1.807, 2.05) is 45.0 Å². The molecule has 0 heterocycles. The Morgan fingerprint density at radius 3 is 2.15 bits per heavy atom. The van der Waals surface area contributed by atoms with Gasteiger partial charge in [-0.05, 0) is 31.2 Å². The summed E-state index contributed by atoms with van der Waals surface area (Å²) < 4.78 is 15.7. The van der Waals surface area contributed by atoms with Crippen molar-refractivity contribution in [1.29, 1.82) is 0 Å². The highest BCUT2D eigenvalue weighted by molar-refractivity contribution is 5.75. The Kier molecular flexibility index (Phi) is 6.87. The van der Waals surface area contributed by atoms with Gasteiger partial charge in [0.1, 0.15) is 24.1 Å². The summed E-state index contributed by atoms with van der Waals surface area (Å²) in [6.07, 6.45) is 0. The fraction of sp³-hybridized carbons (Fsp3) is 0.533. The van der Waals surface area contributed by atoms with Gasteiger partial charge < -0.3 is 14.2 Å². The lowest BCUT2D eigenvalue weighted by Crippen LogP contribution is -2.45. The second kappa shape index (κ2) is 8.43. The molecule has 112 valence electrons. The predicted molar refractivity (Wildman–Crippen MR) is 77.2 cm³/mol. The van der Waals surface area contributed by atoms with Crippen LogP contribution in [0.4, 0.5) is 0 Å². The zero-order valence-corrected chi connectivity index (χ0v) is 12.5. The van der Waals surface area contributed by atoms with Crippen LogP contribution in [-0.2, 0) is 9.53 Å². The molecule has 1 unspecified atom stereocenters. The molecule has 0 amide bonds. The predicted octanol–water partition coefficient (Wildman–Crippen LogP) is 2.00. The van der Waals surface area contributed by atoms with Crippen LogP contribution < -0.4 is 14.8 Å². The standard InChI is InChI=1S/C15H23NO4/c1-5-19-12-6-8-13(9-7-12)20-10-14(15(17)18-4)16-11(2)3/h6-9,11,14,16H,5,10H2,1-4H3. The molecule has 1 atom stereocenters. The van der Waals surface area contributed by atoms with Gasteiger partial charge in [-0.3, -0.25) is 10.1 Å². The van der Waals surface area contributed by atoms with Crippen LogP contribution in [-0.4, -0.2) is 38.4 Å². The molecule has 0 aliphatic rings. The van der Waals surface area contributed by atoms with Gasteiger partial charge in [-0.2, -0.15) is 0 Å². The third-order valence-electron chi connectivity index (χ3n) is 2.57. The molecule has 0 saturated carbocycles. The molecule has 1 N–H and O–H groups in total. The molecule has 0 bridgehead atoms. The van der Waals surface area contributed by atoms with Crippen LogP contribution in [0.5, 0.6) is 11.5 Å². The number of esters is 1. The molecular formula is C15H23NO4. The molecule has 0 radical (unpaired) electrons. The minimum atomic E-state index is -0.480. The molecule has 1 rings (SSSR count). The number of methoxy groups -OCH3 is 1. The molecule has 20 heavy (non-hydrogen) atoms. The summed E-state index contributed by atoms with van der Waals surface area (Å²) >= 11 is 0. The van der Waals surface area contributed by atoms with Crippen LogP contribution in [0.1, 0.15) is 20.8 Å². The van der Waals surface area contributed by atoms with Crippen LogP contribution in [0.2, 0.25) is 0 Å². The fourth-order valence-corrected chi connectivity index (χ4v) is 1.71. The summed E-state index contributed by atoms with van der Waals surface area (Å²) in [7, 11) is 1.37. The zero-order chi connectivity index (χ0) is 15.0. The molecule has 1 aromatic rings. The lowest BCUT2D eigenvalue weighted by molar-refractivity contribution is -0.144. The average Bonchev–Trinajstić information content (AvgIpc) is 2.44. The van der Waals surface area contributed by atoms with Gasteiger partial charge in [-0.1, -0.05) is 13.8 Å². The number of benzene rings is 1. The first-order chi connectivity index (χ1) is 9.56. The molecule has 0 saturated heterocycles. The number of ether oxygens (including phenoxy) is 3. The van der Waals surface area contributed by atoms with Crippen molar-refractivity contribution in [3.05, 3.63) is 24.3 Å². The van der Waals surface area contributed by atoms with E-state index in [2.05, 4.69) is 5.32 Å². The number of hydrogen-bond acceptors (Lipinski definition) is 5. The van der Waals surface area contributed by atoms with Crippen molar-refractivity contribution in [1.82, 2.24) is 5.32 Å². The maximum atomic E-state index is 11.6. The average molecular weight is 281 g/mol. The van der Waals surface area contributed by atoms with E-state index >= 15 is 0 Å². The third-order valence-corrected chi connectivity index (χ3v) is 2.57. The van der Waals surface area contributed by atoms with Gasteiger partial charge in [-0.15, -0.1) is 0 Å². The lowest BCUT2D eigenvalue weighted by Gasteiger charge is -2.19. The van der Waals surface area contributed by atoms with Gasteiger partial charge in [0, 0.05) is 6.04 Å². The Morgan fingerprint density at radius 1 is 1.15 bits per heavy atom. The number of carbonyl (C=O) groups excluding carboxylic acids is 1. The topological polar surface area (TPSA) is 56.8 Å². The Bertz CT molecular complexity index is 403. The number of carbonyl (C=O) groups is 1. The highest BCUT2D eigenvalue weighted by atomic mass is 16.5. The van der Waals surface area contributed by atoms with Crippen molar-refractivity contribution < 1.29 is 19.0 Å². The molecule has 0 spiro atoms. The summed E-state index contributed by atoms with van der Waals surface area (Å²) in [5.74, 6) is 1.15. The smallest absolute Gasteiger partial charge is 0.326 e. The van der Waals surface area contributed by atoms with E-state index in [0.717, 1.165) is 5.75 Å². The number of hydrogen-bond donors (Lipinski definition) is 1. The SMILES string of the molecule is CCOc1ccc(OCC(NC(C)C)C(=O)OC)cc1. The molecule has 0 aromatic heterocycles. The van der Waals surface area contributed by atoms with Crippen LogP contribution >= 0.6 is 0 Å². The minimum Gasteiger partial charge on any atom is -0.494 e. The maximum absolute atomic E-state index is 11.6. The Balaban J connectivity index is 2.55. The summed E-state index contributed by atoms with van der Waals surface area (Å²) in [6, 6.07) is 6.99.